The molecule has 1 fully saturated rings. The molecule has 0 amide bonds. The number of carbonyl (C=O) groups excluding carboxylic acids is 1. The van der Waals surface area contributed by atoms with Crippen LogP contribution in [0.2, 0.25) is 0 Å². The number of nitrogens with zero attached hydrogens (tertiary/aromatic N) is 2. The van der Waals surface area contributed by atoms with Gasteiger partial charge in [0, 0.05) is 23.5 Å². The molecule has 1 saturated heterocycles. The Bertz CT molecular complexity index is 1440. The summed E-state index contributed by atoms with van der Waals surface area (Å²) in [5, 5.41) is 3.97. The van der Waals surface area contributed by atoms with Crippen molar-refractivity contribution in [3.8, 4) is 22.8 Å². The molecule has 8 nitrogen and oxygen atoms in total. The van der Waals surface area contributed by atoms with Crippen molar-refractivity contribution >= 4 is 29.0 Å². The van der Waals surface area contributed by atoms with Gasteiger partial charge in [-0.25, -0.2) is 4.79 Å². The summed E-state index contributed by atoms with van der Waals surface area (Å²) < 4.78 is 22.3. The Balaban J connectivity index is 1.39. The zero-order valence-electron chi connectivity index (χ0n) is 19.2. The molecule has 2 aromatic heterocycles. The first-order chi connectivity index (χ1) is 17.6. The van der Waals surface area contributed by atoms with Crippen LogP contribution in [0.25, 0.3) is 11.3 Å². The fourth-order valence-corrected chi connectivity index (χ4v) is 4.86. The van der Waals surface area contributed by atoms with E-state index in [1.807, 2.05) is 65.6 Å². The molecule has 1 N–H and O–H groups in total. The molecule has 2 atom stereocenters. The van der Waals surface area contributed by atoms with Gasteiger partial charge < -0.3 is 28.8 Å². The number of carbonyl (C=O) groups is 1. The van der Waals surface area contributed by atoms with Gasteiger partial charge in [-0.3, -0.25) is 4.98 Å². The molecule has 36 heavy (non-hydrogen) atoms. The molecule has 2 aromatic carbocycles. The van der Waals surface area contributed by atoms with Crippen LogP contribution in [-0.4, -0.2) is 30.0 Å². The van der Waals surface area contributed by atoms with Crippen LogP contribution < -0.4 is 19.7 Å². The summed E-state index contributed by atoms with van der Waals surface area (Å²) in [6.45, 7) is 0.192. The van der Waals surface area contributed by atoms with E-state index in [1.54, 1.807) is 18.3 Å². The Labute approximate surface area is 212 Å². The molecule has 9 heteroatoms. The van der Waals surface area contributed by atoms with E-state index in [0.717, 1.165) is 16.9 Å². The van der Waals surface area contributed by atoms with Crippen LogP contribution in [0.3, 0.4) is 0 Å². The lowest BCUT2D eigenvalue weighted by atomic mass is 10.0. The van der Waals surface area contributed by atoms with Crippen LogP contribution in [0, 0.1) is 0 Å². The fraction of sp³-hybridized carbons (Fsp3) is 0.148. The van der Waals surface area contributed by atoms with Crippen LogP contribution in [0.5, 0.6) is 11.5 Å². The van der Waals surface area contributed by atoms with Crippen molar-refractivity contribution < 1.29 is 23.4 Å². The predicted molar refractivity (Wildman–Crippen MR) is 136 cm³/mol. The summed E-state index contributed by atoms with van der Waals surface area (Å²) in [5.74, 6) is 2.36. The van der Waals surface area contributed by atoms with E-state index in [-0.39, 0.29) is 24.8 Å². The van der Waals surface area contributed by atoms with Gasteiger partial charge in [-0.2, -0.15) is 0 Å². The number of nitrogens with one attached hydrogen (secondary N) is 1. The van der Waals surface area contributed by atoms with Crippen molar-refractivity contribution in [2.24, 2.45) is 0 Å². The fourth-order valence-electron chi connectivity index (χ4n) is 4.51. The van der Waals surface area contributed by atoms with Crippen molar-refractivity contribution in [1.82, 2.24) is 10.3 Å². The minimum absolute atomic E-state index is 0.192. The zero-order valence-corrected chi connectivity index (χ0v) is 20.0. The largest absolute Gasteiger partial charge is 0.465 e. The highest BCUT2D eigenvalue weighted by molar-refractivity contribution is 7.80. The van der Waals surface area contributed by atoms with Crippen molar-refractivity contribution in [3.05, 3.63) is 96.0 Å². The molecular formula is C27H21N3O5S. The van der Waals surface area contributed by atoms with E-state index in [0.29, 0.717) is 33.7 Å². The van der Waals surface area contributed by atoms with Gasteiger partial charge in [0.2, 0.25) is 6.79 Å². The Morgan fingerprint density at radius 2 is 1.89 bits per heavy atom. The highest BCUT2D eigenvalue weighted by atomic mass is 32.1. The van der Waals surface area contributed by atoms with Gasteiger partial charge in [-0.05, 0) is 60.7 Å². The molecule has 0 spiro atoms. The number of benzene rings is 2. The Hall–Kier alpha value is -4.37. The van der Waals surface area contributed by atoms with Gasteiger partial charge in [0.15, 0.2) is 16.6 Å². The average Bonchev–Trinajstić information content (AvgIpc) is 3.66. The highest BCUT2D eigenvalue weighted by Gasteiger charge is 2.43. The average molecular weight is 500 g/mol. The normalized spacial score (nSPS) is 18.2. The summed E-state index contributed by atoms with van der Waals surface area (Å²) in [4.78, 5) is 18.4. The summed E-state index contributed by atoms with van der Waals surface area (Å²) in [5.41, 5.74) is 3.00. The third kappa shape index (κ3) is 3.83. The van der Waals surface area contributed by atoms with Gasteiger partial charge in [0.05, 0.1) is 24.4 Å². The number of hydrogen-bond acceptors (Lipinski definition) is 7. The molecule has 180 valence electrons. The van der Waals surface area contributed by atoms with Gasteiger partial charge >= 0.3 is 5.97 Å². The van der Waals surface area contributed by atoms with Crippen LogP contribution in [0.15, 0.2) is 83.4 Å². The van der Waals surface area contributed by atoms with Crippen molar-refractivity contribution in [2.75, 3.05) is 18.8 Å². The van der Waals surface area contributed by atoms with E-state index in [9.17, 15) is 4.79 Å². The van der Waals surface area contributed by atoms with Gasteiger partial charge in [0.1, 0.15) is 17.6 Å². The number of ether oxygens (including phenoxy) is 3. The number of rotatable bonds is 5. The maximum Gasteiger partial charge on any atom is 0.337 e. The number of anilines is 1. The second-order valence-corrected chi connectivity index (χ2v) is 8.69. The molecule has 0 saturated carbocycles. The lowest BCUT2D eigenvalue weighted by molar-refractivity contribution is 0.0600. The van der Waals surface area contributed by atoms with Gasteiger partial charge in [0.25, 0.3) is 0 Å². The second-order valence-electron chi connectivity index (χ2n) is 8.31. The predicted octanol–water partition coefficient (Wildman–Crippen LogP) is 5.03. The lowest BCUT2D eigenvalue weighted by Gasteiger charge is -2.26. The molecule has 0 unspecified atom stereocenters. The molecule has 4 aromatic rings. The molecule has 6 rings (SSSR count). The lowest BCUT2D eigenvalue weighted by Crippen LogP contribution is -2.29. The van der Waals surface area contributed by atoms with E-state index >= 15 is 0 Å². The van der Waals surface area contributed by atoms with Crippen molar-refractivity contribution in [2.45, 2.75) is 12.1 Å². The first kappa shape index (κ1) is 22.1. The standard InChI is InChI=1S/C27H21N3O5S/c1-32-26(31)17-7-5-16(6-8-17)20-11-12-22(35-20)25-24(19-4-2-3-13-28-19)29-27(36)30(25)18-9-10-21-23(14-18)34-15-33-21/h2-14,24-25H,15H2,1H3,(H,29,36)/t24-,25-/m0/s1. The number of aromatic nitrogens is 1. The van der Waals surface area contributed by atoms with Gasteiger partial charge in [-0.1, -0.05) is 18.2 Å². The minimum Gasteiger partial charge on any atom is -0.465 e. The number of pyridine rings is 1. The van der Waals surface area contributed by atoms with Crippen molar-refractivity contribution in [1.29, 1.82) is 0 Å². The smallest absolute Gasteiger partial charge is 0.337 e. The number of thiocarbonyl (C=S) groups is 1. The first-order valence-corrected chi connectivity index (χ1v) is 11.7. The highest BCUT2D eigenvalue weighted by Crippen LogP contribution is 2.45. The number of esters is 1. The van der Waals surface area contributed by atoms with Crippen LogP contribution in [-0.2, 0) is 4.74 Å². The maximum absolute atomic E-state index is 11.8. The molecular weight excluding hydrogens is 478 g/mol. The second kappa shape index (κ2) is 9.01. The zero-order chi connectivity index (χ0) is 24.6. The SMILES string of the molecule is COC(=O)c1ccc(-c2ccc([C@H]3[C@H](c4ccccn4)NC(=S)N3c3ccc4c(c3)OCO4)o2)cc1. The molecule has 0 bridgehead atoms. The summed E-state index contributed by atoms with van der Waals surface area (Å²) >= 11 is 5.78. The van der Waals surface area contributed by atoms with Crippen LogP contribution in [0.4, 0.5) is 5.69 Å². The molecule has 2 aliphatic heterocycles. The number of furan rings is 1. The first-order valence-electron chi connectivity index (χ1n) is 11.3. The van der Waals surface area contributed by atoms with Crippen molar-refractivity contribution in [3.63, 3.8) is 0 Å². The minimum atomic E-state index is -0.384. The Kier molecular flexibility index (Phi) is 5.54. The number of hydrogen-bond donors (Lipinski definition) is 1. The summed E-state index contributed by atoms with van der Waals surface area (Å²) in [6, 6.07) is 21.9. The van der Waals surface area contributed by atoms with Gasteiger partial charge in [-0.15, -0.1) is 0 Å². The third-order valence-electron chi connectivity index (χ3n) is 6.24. The van der Waals surface area contributed by atoms with E-state index in [2.05, 4.69) is 10.3 Å². The third-order valence-corrected chi connectivity index (χ3v) is 6.56. The molecule has 0 aliphatic carbocycles. The Morgan fingerprint density at radius 1 is 1.06 bits per heavy atom. The molecule has 0 radical (unpaired) electrons. The summed E-state index contributed by atoms with van der Waals surface area (Å²) in [6.07, 6.45) is 1.76. The van der Waals surface area contributed by atoms with Crippen LogP contribution >= 0.6 is 12.2 Å². The van der Waals surface area contributed by atoms with E-state index in [1.165, 1.54) is 7.11 Å². The number of methoxy groups -OCH3 is 1. The van der Waals surface area contributed by atoms with Crippen LogP contribution in [0.1, 0.15) is 33.9 Å². The quantitative estimate of drug-likeness (QED) is 0.300. The van der Waals surface area contributed by atoms with E-state index in [4.69, 9.17) is 30.8 Å². The molecule has 2 aliphatic rings. The Morgan fingerprint density at radius 3 is 2.67 bits per heavy atom. The number of fused-ring (bicyclic) bond motifs is 1. The molecule has 4 heterocycles. The maximum atomic E-state index is 11.8. The monoisotopic (exact) mass is 499 g/mol. The summed E-state index contributed by atoms with van der Waals surface area (Å²) in [7, 11) is 1.36. The topological polar surface area (TPSA) is 86.1 Å². The van der Waals surface area contributed by atoms with E-state index < -0.39 is 0 Å².